The molecule has 0 aliphatic rings. The number of nitrogens with one attached hydrogen (secondary N) is 1. The molecule has 13 heavy (non-hydrogen) atoms. The molecule has 0 unspecified atom stereocenters. The van der Waals surface area contributed by atoms with Crippen molar-refractivity contribution < 1.29 is 0 Å². The molecule has 0 bridgehead atoms. The lowest BCUT2D eigenvalue weighted by Gasteiger charge is -2.13. The van der Waals surface area contributed by atoms with Crippen LogP contribution in [-0.2, 0) is 7.05 Å². The van der Waals surface area contributed by atoms with Crippen LogP contribution in [0, 0.1) is 0 Å². The van der Waals surface area contributed by atoms with Gasteiger partial charge in [-0.1, -0.05) is 18.3 Å². The predicted molar refractivity (Wildman–Crippen MR) is 60.4 cm³/mol. The molecule has 0 aromatic carbocycles. The predicted octanol–water partition coefficient (Wildman–Crippen LogP) is -0.861. The summed E-state index contributed by atoms with van der Waals surface area (Å²) in [6.07, 6.45) is 1.83. The minimum atomic E-state index is 0.0102. The van der Waals surface area contributed by atoms with E-state index in [0.29, 0.717) is 0 Å². The third-order valence-electron chi connectivity index (χ3n) is 2.13. The number of thiol groups is 1. The van der Waals surface area contributed by atoms with Gasteiger partial charge in [0.05, 0.1) is 0 Å². The van der Waals surface area contributed by atoms with E-state index < -0.39 is 0 Å². The van der Waals surface area contributed by atoms with E-state index in [9.17, 15) is 4.79 Å². The molecule has 5 heteroatoms. The van der Waals surface area contributed by atoms with Crippen LogP contribution in [-0.4, -0.2) is 12.4 Å². The second kappa shape index (κ2) is 4.02. The average molecular weight is 196 g/mol. The molecule has 0 fully saturated rings. The second-order valence-corrected chi connectivity index (χ2v) is 3.47. The lowest BCUT2D eigenvalue weighted by molar-refractivity contribution is 0.750. The highest BCUT2D eigenvalue weighted by atomic mass is 32.1. The Morgan fingerprint density at radius 2 is 2.31 bits per heavy atom. The molecule has 0 spiro atoms. The Morgan fingerprint density at radius 1 is 1.69 bits per heavy atom. The van der Waals surface area contributed by atoms with Gasteiger partial charge < -0.3 is 4.57 Å². The fourth-order valence-electron chi connectivity index (χ4n) is 1.31. The zero-order valence-electron chi connectivity index (χ0n) is 8.03. The van der Waals surface area contributed by atoms with E-state index in [4.69, 9.17) is 0 Å². The number of hydrogen-bond donors (Lipinski definition) is 2. The highest BCUT2D eigenvalue weighted by Crippen LogP contribution is 2.06. The minimum Gasteiger partial charge on any atom is -0.319 e. The summed E-state index contributed by atoms with van der Waals surface area (Å²) in [5.41, 5.74) is 2.10. The van der Waals surface area contributed by atoms with Crippen LogP contribution < -0.4 is 15.7 Å². The molecule has 0 aliphatic heterocycles. The van der Waals surface area contributed by atoms with E-state index in [1.165, 1.54) is 0 Å². The zero-order valence-corrected chi connectivity index (χ0v) is 8.93. The lowest BCUT2D eigenvalue weighted by atomic mass is 9.90. The first kappa shape index (κ1) is 10.4. The van der Waals surface area contributed by atoms with Crippen molar-refractivity contribution in [3.05, 3.63) is 28.2 Å². The first-order chi connectivity index (χ1) is 6.06. The summed E-state index contributed by atoms with van der Waals surface area (Å²) in [6, 6.07) is 1.74. The monoisotopic (exact) mass is 196 g/mol. The summed E-state index contributed by atoms with van der Waals surface area (Å²) in [4.78, 5) is 11.3. The maximum Gasteiger partial charge on any atom is 0.250 e. The Hall–Kier alpha value is -0.675. The maximum absolute atomic E-state index is 11.3. The number of rotatable bonds is 2. The van der Waals surface area contributed by atoms with E-state index in [-0.39, 0.29) is 11.6 Å². The molecule has 70 valence electrons. The SMILES string of the molecule is Bc1cn(C)c(=O)cc1[C@H](C)NS. The molecular formula is C8H13BN2OS. The first-order valence-corrected chi connectivity index (χ1v) is 4.57. The van der Waals surface area contributed by atoms with Gasteiger partial charge in [0.15, 0.2) is 0 Å². The molecule has 0 saturated carbocycles. The van der Waals surface area contributed by atoms with Crippen LogP contribution in [0.3, 0.4) is 0 Å². The topological polar surface area (TPSA) is 34.0 Å². The Balaban J connectivity index is 3.23. The van der Waals surface area contributed by atoms with Gasteiger partial charge in [0.2, 0.25) is 0 Å². The van der Waals surface area contributed by atoms with Gasteiger partial charge in [-0.05, 0) is 12.5 Å². The Morgan fingerprint density at radius 3 is 2.85 bits per heavy atom. The lowest BCUT2D eigenvalue weighted by Crippen LogP contribution is -2.28. The van der Waals surface area contributed by atoms with Crippen molar-refractivity contribution in [2.45, 2.75) is 13.0 Å². The highest BCUT2D eigenvalue weighted by Gasteiger charge is 2.07. The number of pyridine rings is 1. The van der Waals surface area contributed by atoms with Crippen LogP contribution in [0.5, 0.6) is 0 Å². The van der Waals surface area contributed by atoms with E-state index in [1.54, 1.807) is 17.7 Å². The Kier molecular flexibility index (Phi) is 3.22. The molecule has 1 aromatic heterocycles. The van der Waals surface area contributed by atoms with Crippen LogP contribution in [0.2, 0.25) is 0 Å². The molecule has 1 atom stereocenters. The summed E-state index contributed by atoms with van der Waals surface area (Å²) >= 11 is 3.98. The maximum atomic E-state index is 11.3. The fourth-order valence-corrected chi connectivity index (χ4v) is 1.45. The quantitative estimate of drug-likeness (QED) is 0.476. The minimum absolute atomic E-state index is 0.0102. The average Bonchev–Trinajstić information content (AvgIpc) is 2.10. The summed E-state index contributed by atoms with van der Waals surface area (Å²) in [6.45, 7) is 1.97. The van der Waals surface area contributed by atoms with Crippen molar-refractivity contribution in [3.63, 3.8) is 0 Å². The molecule has 1 heterocycles. The number of nitrogens with zero attached hydrogens (tertiary/aromatic N) is 1. The summed E-state index contributed by atoms with van der Waals surface area (Å²) in [5.74, 6) is 0. The van der Waals surface area contributed by atoms with E-state index in [2.05, 4.69) is 17.5 Å². The molecular weight excluding hydrogens is 183 g/mol. The molecule has 0 aliphatic carbocycles. The smallest absolute Gasteiger partial charge is 0.250 e. The molecule has 1 N–H and O–H groups in total. The van der Waals surface area contributed by atoms with Crippen molar-refractivity contribution in [1.82, 2.24) is 9.29 Å². The summed E-state index contributed by atoms with van der Waals surface area (Å²) in [5, 5.41) is 0. The van der Waals surface area contributed by atoms with Crippen molar-refractivity contribution in [3.8, 4) is 0 Å². The van der Waals surface area contributed by atoms with Gasteiger partial charge in [-0.25, -0.2) is 0 Å². The van der Waals surface area contributed by atoms with Crippen molar-refractivity contribution in [2.75, 3.05) is 0 Å². The third kappa shape index (κ3) is 2.17. The Labute approximate surface area is 84.1 Å². The molecule has 0 radical (unpaired) electrons. The van der Waals surface area contributed by atoms with Gasteiger partial charge in [-0.15, -0.1) is 0 Å². The second-order valence-electron chi connectivity index (χ2n) is 3.21. The third-order valence-corrected chi connectivity index (χ3v) is 2.52. The van der Waals surface area contributed by atoms with Gasteiger partial charge >= 0.3 is 0 Å². The standard InChI is InChI=1S/C8H13BN2OS/c1-5(10-13)6-3-8(12)11(2)4-7(6)9/h3-5,10,13H,9H2,1-2H3/t5-/m0/s1. The van der Waals surface area contributed by atoms with Crippen LogP contribution in [0.4, 0.5) is 0 Å². The van der Waals surface area contributed by atoms with E-state index in [1.807, 2.05) is 21.0 Å². The molecule has 3 nitrogen and oxygen atoms in total. The van der Waals surface area contributed by atoms with E-state index >= 15 is 0 Å². The van der Waals surface area contributed by atoms with Crippen molar-refractivity contribution in [1.29, 1.82) is 0 Å². The molecule has 0 saturated heterocycles. The fraction of sp³-hybridized carbons (Fsp3) is 0.375. The van der Waals surface area contributed by atoms with Gasteiger partial charge in [0, 0.05) is 25.4 Å². The normalized spacial score (nSPS) is 12.8. The summed E-state index contributed by atoms with van der Waals surface area (Å²) in [7, 11) is 3.73. The first-order valence-electron chi connectivity index (χ1n) is 4.13. The Bertz CT molecular complexity index is 364. The largest absolute Gasteiger partial charge is 0.319 e. The number of aryl methyl sites for hydroxylation is 1. The van der Waals surface area contributed by atoms with E-state index in [0.717, 1.165) is 11.0 Å². The number of aromatic nitrogens is 1. The molecule has 1 aromatic rings. The zero-order chi connectivity index (χ0) is 10.0. The van der Waals surface area contributed by atoms with Crippen LogP contribution in [0.15, 0.2) is 17.1 Å². The van der Waals surface area contributed by atoms with Gasteiger partial charge in [-0.3, -0.25) is 9.52 Å². The molecule has 1 rings (SSSR count). The van der Waals surface area contributed by atoms with Crippen LogP contribution >= 0.6 is 12.8 Å². The summed E-state index contributed by atoms with van der Waals surface area (Å²) < 4.78 is 4.39. The molecule has 0 amide bonds. The van der Waals surface area contributed by atoms with Crippen LogP contribution in [0.1, 0.15) is 18.5 Å². The van der Waals surface area contributed by atoms with Crippen molar-refractivity contribution in [2.24, 2.45) is 7.05 Å². The number of hydrogen-bond acceptors (Lipinski definition) is 3. The van der Waals surface area contributed by atoms with Gasteiger partial charge in [-0.2, -0.15) is 0 Å². The highest BCUT2D eigenvalue weighted by molar-refractivity contribution is 7.78. The van der Waals surface area contributed by atoms with Crippen molar-refractivity contribution >= 4 is 26.1 Å². The van der Waals surface area contributed by atoms with Gasteiger partial charge in [0.1, 0.15) is 7.85 Å². The van der Waals surface area contributed by atoms with Crippen LogP contribution in [0.25, 0.3) is 0 Å². The van der Waals surface area contributed by atoms with Gasteiger partial charge in [0.25, 0.3) is 5.56 Å².